The van der Waals surface area contributed by atoms with Gasteiger partial charge in [0.05, 0.1) is 11.3 Å². The largest absolute Gasteiger partial charge is 0.383 e. The van der Waals surface area contributed by atoms with E-state index in [0.717, 1.165) is 30.7 Å². The Hall–Kier alpha value is -2.86. The van der Waals surface area contributed by atoms with Crippen LogP contribution < -0.4 is 10.6 Å². The first kappa shape index (κ1) is 17.9. The normalized spacial score (nSPS) is 11.0. The van der Waals surface area contributed by atoms with E-state index in [-0.39, 0.29) is 5.91 Å². The molecule has 0 saturated carbocycles. The molecule has 6 nitrogen and oxygen atoms in total. The van der Waals surface area contributed by atoms with E-state index in [2.05, 4.69) is 45.0 Å². The summed E-state index contributed by atoms with van der Waals surface area (Å²) in [4.78, 5) is 21.7. The van der Waals surface area contributed by atoms with E-state index in [1.165, 1.54) is 10.9 Å². The van der Waals surface area contributed by atoms with E-state index >= 15 is 0 Å². The third-order valence-corrected chi connectivity index (χ3v) is 4.24. The van der Waals surface area contributed by atoms with Crippen molar-refractivity contribution in [3.05, 3.63) is 60.0 Å². The number of rotatable bonds is 8. The average molecular weight is 351 g/mol. The molecule has 3 rings (SSSR count). The van der Waals surface area contributed by atoms with Crippen molar-refractivity contribution in [2.75, 3.05) is 39.0 Å². The van der Waals surface area contributed by atoms with Crippen LogP contribution in [0.25, 0.3) is 10.9 Å². The van der Waals surface area contributed by atoms with Crippen LogP contribution in [-0.4, -0.2) is 54.5 Å². The highest BCUT2D eigenvalue weighted by Crippen LogP contribution is 2.18. The number of hydrogen-bond acceptors (Lipinski definition) is 4. The van der Waals surface area contributed by atoms with Gasteiger partial charge in [0.1, 0.15) is 0 Å². The Labute approximate surface area is 153 Å². The minimum atomic E-state index is -0.0976. The third kappa shape index (κ3) is 4.61. The van der Waals surface area contributed by atoms with Gasteiger partial charge in [-0.1, -0.05) is 18.2 Å². The number of H-pyrrole nitrogens is 1. The van der Waals surface area contributed by atoms with E-state index in [0.29, 0.717) is 12.1 Å². The summed E-state index contributed by atoms with van der Waals surface area (Å²) in [5.74, 6) is -0.0976. The van der Waals surface area contributed by atoms with E-state index in [1.807, 2.05) is 31.1 Å². The van der Waals surface area contributed by atoms with Crippen LogP contribution >= 0.6 is 0 Å². The maximum Gasteiger partial charge on any atom is 0.252 e. The Morgan fingerprint density at radius 1 is 1.19 bits per heavy atom. The maximum atomic E-state index is 12.2. The van der Waals surface area contributed by atoms with Gasteiger partial charge in [-0.3, -0.25) is 9.78 Å². The Kier molecular flexibility index (Phi) is 5.86. The van der Waals surface area contributed by atoms with E-state index in [9.17, 15) is 4.79 Å². The minimum absolute atomic E-state index is 0.0976. The quantitative estimate of drug-likeness (QED) is 0.583. The van der Waals surface area contributed by atoms with Crippen molar-refractivity contribution in [2.24, 2.45) is 0 Å². The van der Waals surface area contributed by atoms with Crippen molar-refractivity contribution in [2.45, 2.75) is 6.42 Å². The second kappa shape index (κ2) is 8.49. The number of pyridine rings is 1. The first-order chi connectivity index (χ1) is 12.6. The molecular weight excluding hydrogens is 326 g/mol. The Bertz CT molecular complexity index is 871. The van der Waals surface area contributed by atoms with Crippen molar-refractivity contribution in [1.82, 2.24) is 20.2 Å². The van der Waals surface area contributed by atoms with Gasteiger partial charge < -0.3 is 20.5 Å². The first-order valence-electron chi connectivity index (χ1n) is 8.80. The SMILES string of the molecule is CN(C)CCNC(=O)c1cncc(NCCc2c[nH]c3ccccc23)c1. The monoisotopic (exact) mass is 351 g/mol. The number of likely N-dealkylation sites (N-methyl/N-ethyl adjacent to an activating group) is 1. The molecule has 0 spiro atoms. The van der Waals surface area contributed by atoms with E-state index < -0.39 is 0 Å². The number of aromatic amines is 1. The molecule has 0 aliphatic heterocycles. The van der Waals surface area contributed by atoms with Crippen LogP contribution in [0.2, 0.25) is 0 Å². The predicted octanol–water partition coefficient (Wildman–Crippen LogP) is 2.51. The minimum Gasteiger partial charge on any atom is -0.383 e. The smallest absolute Gasteiger partial charge is 0.252 e. The van der Waals surface area contributed by atoms with Crippen LogP contribution in [0.5, 0.6) is 0 Å². The Morgan fingerprint density at radius 2 is 2.04 bits per heavy atom. The highest BCUT2D eigenvalue weighted by Gasteiger charge is 2.07. The molecule has 0 unspecified atom stereocenters. The van der Waals surface area contributed by atoms with E-state index in [1.54, 1.807) is 12.4 Å². The molecule has 136 valence electrons. The van der Waals surface area contributed by atoms with Gasteiger partial charge in [0.15, 0.2) is 0 Å². The van der Waals surface area contributed by atoms with Gasteiger partial charge in [-0.15, -0.1) is 0 Å². The van der Waals surface area contributed by atoms with Gasteiger partial charge >= 0.3 is 0 Å². The number of hydrogen-bond donors (Lipinski definition) is 3. The predicted molar refractivity (Wildman–Crippen MR) is 106 cm³/mol. The molecule has 0 radical (unpaired) electrons. The molecule has 1 amide bonds. The molecule has 1 aromatic carbocycles. The molecule has 0 saturated heterocycles. The highest BCUT2D eigenvalue weighted by molar-refractivity contribution is 5.94. The Morgan fingerprint density at radius 3 is 2.88 bits per heavy atom. The van der Waals surface area contributed by atoms with Gasteiger partial charge in [-0.25, -0.2) is 0 Å². The van der Waals surface area contributed by atoms with Crippen LogP contribution in [0.4, 0.5) is 5.69 Å². The van der Waals surface area contributed by atoms with Crippen molar-refractivity contribution < 1.29 is 4.79 Å². The number of anilines is 1. The molecule has 2 aromatic heterocycles. The van der Waals surface area contributed by atoms with E-state index in [4.69, 9.17) is 0 Å². The summed E-state index contributed by atoms with van der Waals surface area (Å²) < 4.78 is 0. The molecule has 0 fully saturated rings. The number of carbonyl (C=O) groups excluding carboxylic acids is 1. The molecule has 3 aromatic rings. The van der Waals surface area contributed by atoms with Crippen LogP contribution in [0, 0.1) is 0 Å². The third-order valence-electron chi connectivity index (χ3n) is 4.24. The zero-order chi connectivity index (χ0) is 18.4. The number of para-hydroxylation sites is 1. The standard InChI is InChI=1S/C20H25N5O/c1-25(2)10-9-23-20(26)16-11-17(14-21-12-16)22-8-7-15-13-24-19-6-4-3-5-18(15)19/h3-6,11-14,22,24H,7-10H2,1-2H3,(H,23,26). The molecule has 6 heteroatoms. The number of benzene rings is 1. The van der Waals surface area contributed by atoms with Crippen LogP contribution in [0.1, 0.15) is 15.9 Å². The second-order valence-corrected chi connectivity index (χ2v) is 6.56. The topological polar surface area (TPSA) is 73.1 Å². The fourth-order valence-electron chi connectivity index (χ4n) is 2.84. The molecule has 0 aliphatic rings. The average Bonchev–Trinajstić information content (AvgIpc) is 3.05. The molecule has 3 N–H and O–H groups in total. The number of amides is 1. The first-order valence-corrected chi connectivity index (χ1v) is 8.80. The Balaban J connectivity index is 1.54. The lowest BCUT2D eigenvalue weighted by atomic mass is 10.1. The summed E-state index contributed by atoms with van der Waals surface area (Å²) >= 11 is 0. The fraction of sp³-hybridized carbons (Fsp3) is 0.300. The van der Waals surface area contributed by atoms with Gasteiger partial charge in [0.25, 0.3) is 5.91 Å². The van der Waals surface area contributed by atoms with Gasteiger partial charge in [0.2, 0.25) is 0 Å². The van der Waals surface area contributed by atoms with Crippen molar-refractivity contribution in [1.29, 1.82) is 0 Å². The van der Waals surface area contributed by atoms with Crippen LogP contribution in [-0.2, 0) is 6.42 Å². The lowest BCUT2D eigenvalue weighted by Crippen LogP contribution is -2.31. The molecule has 26 heavy (non-hydrogen) atoms. The fourth-order valence-corrected chi connectivity index (χ4v) is 2.84. The summed E-state index contributed by atoms with van der Waals surface area (Å²) in [5.41, 5.74) is 3.85. The number of carbonyl (C=O) groups is 1. The summed E-state index contributed by atoms with van der Waals surface area (Å²) in [5, 5.41) is 7.51. The summed E-state index contributed by atoms with van der Waals surface area (Å²) in [6.07, 6.45) is 6.28. The van der Waals surface area contributed by atoms with Gasteiger partial charge in [0, 0.05) is 49.1 Å². The summed E-state index contributed by atoms with van der Waals surface area (Å²) in [7, 11) is 3.96. The number of fused-ring (bicyclic) bond motifs is 1. The van der Waals surface area contributed by atoms with Crippen molar-refractivity contribution >= 4 is 22.5 Å². The number of aromatic nitrogens is 2. The maximum absolute atomic E-state index is 12.2. The van der Waals surface area contributed by atoms with Crippen LogP contribution in [0.15, 0.2) is 48.9 Å². The zero-order valence-corrected chi connectivity index (χ0v) is 15.2. The van der Waals surface area contributed by atoms with Crippen molar-refractivity contribution in [3.8, 4) is 0 Å². The molecule has 0 bridgehead atoms. The highest BCUT2D eigenvalue weighted by atomic mass is 16.1. The van der Waals surface area contributed by atoms with Gasteiger partial charge in [-0.05, 0) is 38.2 Å². The lowest BCUT2D eigenvalue weighted by Gasteiger charge is -2.11. The second-order valence-electron chi connectivity index (χ2n) is 6.56. The number of nitrogens with zero attached hydrogens (tertiary/aromatic N) is 2. The number of nitrogens with one attached hydrogen (secondary N) is 3. The van der Waals surface area contributed by atoms with Crippen LogP contribution in [0.3, 0.4) is 0 Å². The summed E-state index contributed by atoms with van der Waals surface area (Å²) in [6.45, 7) is 2.20. The van der Waals surface area contributed by atoms with Gasteiger partial charge in [-0.2, -0.15) is 0 Å². The van der Waals surface area contributed by atoms with Crippen molar-refractivity contribution in [3.63, 3.8) is 0 Å². The molecule has 0 aliphatic carbocycles. The molecular formula is C20H25N5O. The lowest BCUT2D eigenvalue weighted by molar-refractivity contribution is 0.0950. The molecule has 0 atom stereocenters. The zero-order valence-electron chi connectivity index (χ0n) is 15.2. The molecule has 2 heterocycles. The summed E-state index contributed by atoms with van der Waals surface area (Å²) in [6, 6.07) is 10.1.